The van der Waals surface area contributed by atoms with Crippen LogP contribution in [0.15, 0.2) is 42.5 Å². The van der Waals surface area contributed by atoms with Crippen molar-refractivity contribution in [1.29, 1.82) is 0 Å². The van der Waals surface area contributed by atoms with E-state index in [1.165, 1.54) is 19.3 Å². The normalized spacial score (nSPS) is 10.8. The molecule has 124 valence electrons. The number of carboxylic acid groups (broad SMARTS) is 1. The Kier molecular flexibility index (Phi) is 6.01. The molecule has 0 saturated carbocycles. The van der Waals surface area contributed by atoms with E-state index in [0.717, 1.165) is 0 Å². The van der Waals surface area contributed by atoms with E-state index in [1.807, 2.05) is 0 Å². The molecule has 0 saturated heterocycles. The van der Waals surface area contributed by atoms with E-state index in [2.05, 4.69) is 0 Å². The summed E-state index contributed by atoms with van der Waals surface area (Å²) >= 11 is 11.9. The van der Waals surface area contributed by atoms with Gasteiger partial charge in [-0.05, 0) is 48.0 Å². The highest BCUT2D eigenvalue weighted by Crippen LogP contribution is 2.23. The van der Waals surface area contributed by atoms with Gasteiger partial charge in [0.1, 0.15) is 5.75 Å². The van der Waals surface area contributed by atoms with Crippen LogP contribution in [0, 0.1) is 0 Å². The Morgan fingerprint density at radius 3 is 2.54 bits per heavy atom. The van der Waals surface area contributed by atoms with Gasteiger partial charge in [-0.25, -0.2) is 0 Å². The number of carboxylic acids is 1. The predicted molar refractivity (Wildman–Crippen MR) is 94.2 cm³/mol. The van der Waals surface area contributed by atoms with Crippen LogP contribution in [0.1, 0.15) is 21.5 Å². The fourth-order valence-electron chi connectivity index (χ4n) is 2.13. The SMILES string of the molecule is COc1ccc(C(=O)/C=C/c2ccc(Cl)cc2Cl)cc1CC(=O)O. The average molecular weight is 365 g/mol. The van der Waals surface area contributed by atoms with Gasteiger partial charge in [-0.2, -0.15) is 0 Å². The molecule has 0 aliphatic carbocycles. The second-order valence-corrected chi connectivity index (χ2v) is 5.80. The molecule has 0 aromatic heterocycles. The molecule has 24 heavy (non-hydrogen) atoms. The number of halogens is 2. The van der Waals surface area contributed by atoms with Crippen molar-refractivity contribution in [2.24, 2.45) is 0 Å². The summed E-state index contributed by atoms with van der Waals surface area (Å²) in [5, 5.41) is 9.89. The molecule has 0 aliphatic heterocycles. The van der Waals surface area contributed by atoms with Crippen molar-refractivity contribution in [3.05, 3.63) is 69.2 Å². The number of carbonyl (C=O) groups is 2. The molecule has 2 aromatic carbocycles. The largest absolute Gasteiger partial charge is 0.496 e. The maximum absolute atomic E-state index is 12.3. The van der Waals surface area contributed by atoms with Crippen molar-refractivity contribution in [2.45, 2.75) is 6.42 Å². The molecule has 0 aliphatic rings. The van der Waals surface area contributed by atoms with Crippen LogP contribution in [-0.2, 0) is 11.2 Å². The highest BCUT2D eigenvalue weighted by Gasteiger charge is 2.11. The molecule has 0 unspecified atom stereocenters. The zero-order valence-corrected chi connectivity index (χ0v) is 14.3. The number of hydrogen-bond acceptors (Lipinski definition) is 3. The summed E-state index contributed by atoms with van der Waals surface area (Å²) in [6, 6.07) is 9.65. The van der Waals surface area contributed by atoms with Crippen molar-refractivity contribution >= 4 is 41.0 Å². The van der Waals surface area contributed by atoms with Crippen LogP contribution >= 0.6 is 23.2 Å². The van der Waals surface area contributed by atoms with Gasteiger partial charge in [0, 0.05) is 21.2 Å². The lowest BCUT2D eigenvalue weighted by Gasteiger charge is -2.08. The van der Waals surface area contributed by atoms with Crippen molar-refractivity contribution in [3.8, 4) is 5.75 Å². The summed E-state index contributed by atoms with van der Waals surface area (Å²) in [4.78, 5) is 23.2. The molecule has 2 aromatic rings. The topological polar surface area (TPSA) is 63.6 Å². The number of carbonyl (C=O) groups excluding carboxylic acids is 1. The smallest absolute Gasteiger partial charge is 0.307 e. The standard InChI is InChI=1S/C18H14Cl2O4/c1-24-17-7-4-12(8-13(17)9-18(22)23)16(21)6-3-11-2-5-14(19)10-15(11)20/h2-8,10H,9H2,1H3,(H,22,23)/b6-3+. The molecular formula is C18H14Cl2O4. The summed E-state index contributed by atoms with van der Waals surface area (Å²) in [5.41, 5.74) is 1.47. The molecule has 6 heteroatoms. The molecule has 0 radical (unpaired) electrons. The maximum Gasteiger partial charge on any atom is 0.307 e. The Labute approximate surface area is 149 Å². The van der Waals surface area contributed by atoms with Gasteiger partial charge in [0.2, 0.25) is 0 Å². The first-order chi connectivity index (χ1) is 11.4. The molecule has 0 bridgehead atoms. The van der Waals surface area contributed by atoms with Gasteiger partial charge in [0.05, 0.1) is 13.5 Å². The van der Waals surface area contributed by atoms with E-state index < -0.39 is 5.97 Å². The first-order valence-corrected chi connectivity index (χ1v) is 7.72. The van der Waals surface area contributed by atoms with E-state index in [9.17, 15) is 9.59 Å². The van der Waals surface area contributed by atoms with E-state index in [4.69, 9.17) is 33.0 Å². The third-order valence-corrected chi connectivity index (χ3v) is 3.85. The lowest BCUT2D eigenvalue weighted by atomic mass is 10.0. The number of hydrogen-bond donors (Lipinski definition) is 1. The number of methoxy groups -OCH3 is 1. The highest BCUT2D eigenvalue weighted by atomic mass is 35.5. The van der Waals surface area contributed by atoms with Gasteiger partial charge in [-0.1, -0.05) is 29.3 Å². The quantitative estimate of drug-likeness (QED) is 0.604. The molecule has 0 amide bonds. The summed E-state index contributed by atoms with van der Waals surface area (Å²) in [6.45, 7) is 0. The number of rotatable bonds is 6. The molecule has 2 rings (SSSR count). The first-order valence-electron chi connectivity index (χ1n) is 6.97. The number of ketones is 1. The Bertz CT molecular complexity index is 813. The van der Waals surface area contributed by atoms with E-state index in [-0.39, 0.29) is 12.2 Å². The van der Waals surface area contributed by atoms with Crippen molar-refractivity contribution in [2.75, 3.05) is 7.11 Å². The van der Waals surface area contributed by atoms with Gasteiger partial charge < -0.3 is 9.84 Å². The Balaban J connectivity index is 2.26. The second-order valence-electron chi connectivity index (χ2n) is 4.96. The second kappa shape index (κ2) is 7.99. The van der Waals surface area contributed by atoms with Crippen LogP contribution < -0.4 is 4.74 Å². The summed E-state index contributed by atoms with van der Waals surface area (Å²) < 4.78 is 5.11. The minimum Gasteiger partial charge on any atom is -0.496 e. The summed E-state index contributed by atoms with van der Waals surface area (Å²) in [7, 11) is 1.45. The zero-order valence-electron chi connectivity index (χ0n) is 12.8. The van der Waals surface area contributed by atoms with Crippen LogP contribution in [-0.4, -0.2) is 24.0 Å². The Morgan fingerprint density at radius 2 is 1.92 bits per heavy atom. The number of benzene rings is 2. The Morgan fingerprint density at radius 1 is 1.17 bits per heavy atom. The number of ether oxygens (including phenoxy) is 1. The predicted octanol–water partition coefficient (Wildman–Crippen LogP) is 4.53. The molecule has 0 atom stereocenters. The third kappa shape index (κ3) is 4.60. The van der Waals surface area contributed by atoms with Gasteiger partial charge >= 0.3 is 5.97 Å². The fourth-order valence-corrected chi connectivity index (χ4v) is 2.60. The van der Waals surface area contributed by atoms with Crippen LogP contribution in [0.3, 0.4) is 0 Å². The van der Waals surface area contributed by atoms with Gasteiger partial charge in [0.15, 0.2) is 5.78 Å². The number of aliphatic carboxylic acids is 1. The first kappa shape index (κ1) is 18.0. The van der Waals surface area contributed by atoms with Gasteiger partial charge in [-0.15, -0.1) is 0 Å². The molecule has 1 N–H and O–H groups in total. The van der Waals surface area contributed by atoms with Crippen molar-refractivity contribution < 1.29 is 19.4 Å². The Hall–Kier alpha value is -2.30. The van der Waals surface area contributed by atoms with Crippen molar-refractivity contribution in [1.82, 2.24) is 0 Å². The van der Waals surface area contributed by atoms with Crippen LogP contribution in [0.2, 0.25) is 10.0 Å². The van der Waals surface area contributed by atoms with Gasteiger partial charge in [0.25, 0.3) is 0 Å². The summed E-state index contributed by atoms with van der Waals surface area (Å²) in [5.74, 6) is -0.838. The zero-order chi connectivity index (χ0) is 17.7. The number of allylic oxidation sites excluding steroid dienone is 1. The molecule has 0 fully saturated rings. The van der Waals surface area contributed by atoms with Gasteiger partial charge in [-0.3, -0.25) is 9.59 Å². The molecule has 0 spiro atoms. The third-order valence-electron chi connectivity index (χ3n) is 3.28. The lowest BCUT2D eigenvalue weighted by Crippen LogP contribution is -2.04. The average Bonchev–Trinajstić information content (AvgIpc) is 2.53. The van der Waals surface area contributed by atoms with E-state index >= 15 is 0 Å². The fraction of sp³-hybridized carbons (Fsp3) is 0.111. The van der Waals surface area contributed by atoms with Crippen LogP contribution in [0.5, 0.6) is 5.75 Å². The molecular weight excluding hydrogens is 351 g/mol. The van der Waals surface area contributed by atoms with Crippen LogP contribution in [0.4, 0.5) is 0 Å². The maximum atomic E-state index is 12.3. The van der Waals surface area contributed by atoms with E-state index in [1.54, 1.807) is 36.4 Å². The van der Waals surface area contributed by atoms with Crippen molar-refractivity contribution in [3.63, 3.8) is 0 Å². The van der Waals surface area contributed by atoms with Crippen LogP contribution in [0.25, 0.3) is 6.08 Å². The van der Waals surface area contributed by atoms with E-state index in [0.29, 0.717) is 32.5 Å². The highest BCUT2D eigenvalue weighted by molar-refractivity contribution is 6.35. The molecule has 4 nitrogen and oxygen atoms in total. The summed E-state index contributed by atoms with van der Waals surface area (Å²) in [6.07, 6.45) is 2.74. The molecule has 0 heterocycles. The lowest BCUT2D eigenvalue weighted by molar-refractivity contribution is -0.136. The minimum atomic E-state index is -0.999. The minimum absolute atomic E-state index is 0.225. The monoisotopic (exact) mass is 364 g/mol.